The van der Waals surface area contributed by atoms with Crippen molar-refractivity contribution in [3.8, 4) is 0 Å². The van der Waals surface area contributed by atoms with Crippen LogP contribution in [0.15, 0.2) is 36.4 Å². The molecule has 0 atom stereocenters. The van der Waals surface area contributed by atoms with Crippen molar-refractivity contribution < 1.29 is 9.53 Å². The van der Waals surface area contributed by atoms with Crippen molar-refractivity contribution in [1.29, 1.82) is 0 Å². The first-order chi connectivity index (χ1) is 14.1. The van der Waals surface area contributed by atoms with E-state index in [2.05, 4.69) is 10.2 Å². The minimum absolute atomic E-state index is 0.272. The maximum absolute atomic E-state index is 12.3. The van der Waals surface area contributed by atoms with E-state index >= 15 is 0 Å². The number of piperazine rings is 1. The minimum Gasteiger partial charge on any atom is -0.444 e. The molecule has 0 radical (unpaired) electrons. The van der Waals surface area contributed by atoms with Crippen LogP contribution in [0, 0.1) is 0 Å². The molecule has 0 spiro atoms. The summed E-state index contributed by atoms with van der Waals surface area (Å²) in [5.74, 6) is 0. The molecule has 3 N–H and O–H groups in total. The van der Waals surface area contributed by atoms with Gasteiger partial charge in [0.2, 0.25) is 0 Å². The van der Waals surface area contributed by atoms with E-state index in [1.54, 1.807) is 11.0 Å². The Morgan fingerprint density at radius 1 is 1.10 bits per heavy atom. The minimum atomic E-state index is -0.494. The highest BCUT2D eigenvalue weighted by Crippen LogP contribution is 2.32. The van der Waals surface area contributed by atoms with Gasteiger partial charge in [0.25, 0.3) is 0 Å². The normalized spacial score (nSPS) is 14.6. The first-order valence-corrected chi connectivity index (χ1v) is 10.7. The van der Waals surface area contributed by atoms with Crippen molar-refractivity contribution in [3.05, 3.63) is 52.0 Å². The third-order valence-electron chi connectivity index (χ3n) is 4.76. The highest BCUT2D eigenvalue weighted by Gasteiger charge is 2.26. The lowest BCUT2D eigenvalue weighted by Gasteiger charge is -2.37. The number of nitrogens with two attached hydrogens (primary N) is 1. The predicted octanol–water partition coefficient (Wildman–Crippen LogP) is 5.24. The van der Waals surface area contributed by atoms with E-state index in [0.29, 0.717) is 48.5 Å². The van der Waals surface area contributed by atoms with Gasteiger partial charge in [0.05, 0.1) is 17.1 Å². The molecule has 1 amide bonds. The van der Waals surface area contributed by atoms with Gasteiger partial charge in [-0.15, -0.1) is 0 Å². The van der Waals surface area contributed by atoms with E-state index in [1.165, 1.54) is 0 Å². The number of nitrogens with one attached hydrogen (secondary N) is 1. The number of amides is 1. The second-order valence-corrected chi connectivity index (χ2v) is 9.20. The van der Waals surface area contributed by atoms with Crippen LogP contribution in [0.1, 0.15) is 26.3 Å². The number of carbonyl (C=O) groups excluding carboxylic acids is 1. The van der Waals surface area contributed by atoms with Crippen molar-refractivity contribution in [3.63, 3.8) is 0 Å². The van der Waals surface area contributed by atoms with Crippen LogP contribution < -0.4 is 16.0 Å². The van der Waals surface area contributed by atoms with Crippen LogP contribution in [0.3, 0.4) is 0 Å². The molecule has 1 aliphatic rings. The molecule has 1 saturated heterocycles. The summed E-state index contributed by atoms with van der Waals surface area (Å²) in [5, 5.41) is 4.56. The molecule has 1 fully saturated rings. The average molecular weight is 451 g/mol. The van der Waals surface area contributed by atoms with E-state index in [1.807, 2.05) is 51.1 Å². The maximum Gasteiger partial charge on any atom is 0.410 e. The Labute approximate surface area is 187 Å². The second kappa shape index (κ2) is 9.23. The number of carbonyl (C=O) groups is 1. The second-order valence-electron chi connectivity index (χ2n) is 8.32. The fraction of sp³-hybridized carbons (Fsp3) is 0.409. The smallest absolute Gasteiger partial charge is 0.410 e. The number of halogens is 2. The van der Waals surface area contributed by atoms with Crippen molar-refractivity contribution in [2.24, 2.45) is 0 Å². The highest BCUT2D eigenvalue weighted by atomic mass is 35.5. The van der Waals surface area contributed by atoms with Crippen LogP contribution >= 0.6 is 23.2 Å². The summed E-state index contributed by atoms with van der Waals surface area (Å²) >= 11 is 12.2. The van der Waals surface area contributed by atoms with Crippen molar-refractivity contribution in [2.75, 3.05) is 42.1 Å². The van der Waals surface area contributed by atoms with Crippen LogP contribution in [0.4, 0.5) is 21.9 Å². The van der Waals surface area contributed by atoms with Crippen LogP contribution in [-0.2, 0) is 11.3 Å². The standard InChI is InChI=1S/C22H28Cl2N4O2/c1-22(2,3)30-21(29)28-9-7-27(8-10-28)19-6-4-5-18(20(19)25)26-14-15-11-16(23)13-17(24)12-15/h4-6,11-13,26H,7-10,14,25H2,1-3H3. The molecule has 1 heterocycles. The van der Waals surface area contributed by atoms with Gasteiger partial charge in [-0.1, -0.05) is 29.3 Å². The van der Waals surface area contributed by atoms with E-state index < -0.39 is 5.60 Å². The largest absolute Gasteiger partial charge is 0.444 e. The van der Waals surface area contributed by atoms with Crippen LogP contribution in [0.2, 0.25) is 10.0 Å². The fourth-order valence-electron chi connectivity index (χ4n) is 3.35. The van der Waals surface area contributed by atoms with E-state index in [9.17, 15) is 4.79 Å². The van der Waals surface area contributed by atoms with E-state index in [4.69, 9.17) is 33.7 Å². The summed E-state index contributed by atoms with van der Waals surface area (Å²) in [5.41, 5.74) is 9.41. The van der Waals surface area contributed by atoms with Gasteiger partial charge in [0.1, 0.15) is 5.60 Å². The van der Waals surface area contributed by atoms with Gasteiger partial charge in [0.15, 0.2) is 0 Å². The summed E-state index contributed by atoms with van der Waals surface area (Å²) < 4.78 is 5.47. The number of para-hydroxylation sites is 1. The molecule has 0 aliphatic carbocycles. The molecular weight excluding hydrogens is 423 g/mol. The number of nitrogen functional groups attached to an aromatic ring is 1. The molecule has 30 heavy (non-hydrogen) atoms. The molecule has 2 aromatic rings. The van der Waals surface area contributed by atoms with Crippen molar-refractivity contribution >= 4 is 46.4 Å². The third kappa shape index (κ3) is 5.86. The Kier molecular flexibility index (Phi) is 6.88. The zero-order valence-electron chi connectivity index (χ0n) is 17.5. The van der Waals surface area contributed by atoms with Gasteiger partial charge in [-0.3, -0.25) is 0 Å². The number of benzene rings is 2. The lowest BCUT2D eigenvalue weighted by Crippen LogP contribution is -2.50. The number of nitrogens with zero attached hydrogens (tertiary/aromatic N) is 2. The molecule has 162 valence electrons. The van der Waals surface area contributed by atoms with Crippen molar-refractivity contribution in [1.82, 2.24) is 4.90 Å². The average Bonchev–Trinajstić information content (AvgIpc) is 2.65. The van der Waals surface area contributed by atoms with Gasteiger partial charge in [-0.25, -0.2) is 4.79 Å². The Balaban J connectivity index is 1.63. The number of hydrogen-bond donors (Lipinski definition) is 2. The summed E-state index contributed by atoms with van der Waals surface area (Å²) in [6.45, 7) is 8.74. The number of anilines is 3. The first kappa shape index (κ1) is 22.4. The molecule has 0 aromatic heterocycles. The molecule has 1 aliphatic heterocycles. The van der Waals surface area contributed by atoms with Crippen LogP contribution in [0.25, 0.3) is 0 Å². The Bertz CT molecular complexity index is 886. The molecule has 0 bridgehead atoms. The van der Waals surface area contributed by atoms with Crippen molar-refractivity contribution in [2.45, 2.75) is 32.9 Å². The van der Waals surface area contributed by atoms with Gasteiger partial charge < -0.3 is 25.6 Å². The Hall–Kier alpha value is -2.31. The molecule has 3 rings (SSSR count). The Morgan fingerprint density at radius 3 is 2.33 bits per heavy atom. The monoisotopic (exact) mass is 450 g/mol. The SMILES string of the molecule is CC(C)(C)OC(=O)N1CCN(c2cccc(NCc3cc(Cl)cc(Cl)c3)c2N)CC1. The molecule has 0 saturated carbocycles. The molecule has 6 nitrogen and oxygen atoms in total. The predicted molar refractivity (Wildman–Crippen MR) is 125 cm³/mol. The van der Waals surface area contributed by atoms with Crippen LogP contribution in [0.5, 0.6) is 0 Å². The zero-order chi connectivity index (χ0) is 21.9. The zero-order valence-corrected chi connectivity index (χ0v) is 19.1. The van der Waals surface area contributed by atoms with E-state index in [0.717, 1.165) is 16.9 Å². The Morgan fingerprint density at radius 2 is 1.73 bits per heavy atom. The van der Waals surface area contributed by atoms with Gasteiger partial charge in [-0.05, 0) is 56.7 Å². The maximum atomic E-state index is 12.3. The molecular formula is C22H28Cl2N4O2. The van der Waals surface area contributed by atoms with E-state index in [-0.39, 0.29) is 6.09 Å². The van der Waals surface area contributed by atoms with Gasteiger partial charge >= 0.3 is 6.09 Å². The van der Waals surface area contributed by atoms with Gasteiger partial charge in [0, 0.05) is 42.8 Å². The summed E-state index contributed by atoms with van der Waals surface area (Å²) in [4.78, 5) is 16.2. The summed E-state index contributed by atoms with van der Waals surface area (Å²) in [6.07, 6.45) is -0.272. The molecule has 2 aromatic carbocycles. The molecule has 8 heteroatoms. The van der Waals surface area contributed by atoms with Crippen LogP contribution in [-0.4, -0.2) is 42.8 Å². The lowest BCUT2D eigenvalue weighted by molar-refractivity contribution is 0.0240. The third-order valence-corrected chi connectivity index (χ3v) is 5.20. The van der Waals surface area contributed by atoms with Gasteiger partial charge in [-0.2, -0.15) is 0 Å². The quantitative estimate of drug-likeness (QED) is 0.622. The lowest BCUT2D eigenvalue weighted by atomic mass is 10.1. The number of hydrogen-bond acceptors (Lipinski definition) is 5. The number of ether oxygens (including phenoxy) is 1. The molecule has 0 unspecified atom stereocenters. The topological polar surface area (TPSA) is 70.8 Å². The first-order valence-electron chi connectivity index (χ1n) is 9.92. The fourth-order valence-corrected chi connectivity index (χ4v) is 3.92. The summed E-state index contributed by atoms with van der Waals surface area (Å²) in [6, 6.07) is 11.4. The highest BCUT2D eigenvalue weighted by molar-refractivity contribution is 6.34. The number of rotatable bonds is 4. The summed E-state index contributed by atoms with van der Waals surface area (Å²) in [7, 11) is 0.